The van der Waals surface area contributed by atoms with E-state index in [0.717, 1.165) is 32.7 Å². The first kappa shape index (κ1) is 13.9. The number of hydrogen-bond acceptors (Lipinski definition) is 2. The van der Waals surface area contributed by atoms with E-state index in [0.29, 0.717) is 10.9 Å². The Morgan fingerprint density at radius 1 is 1.30 bits per heavy atom. The molecule has 0 aliphatic heterocycles. The van der Waals surface area contributed by atoms with Crippen LogP contribution in [0.4, 0.5) is 0 Å². The Bertz CT molecular complexity index is 798. The molecule has 2 heterocycles. The van der Waals surface area contributed by atoms with Gasteiger partial charge in [-0.25, -0.2) is 9.97 Å². The maximum Gasteiger partial charge on any atom is 0.164 e. The molecule has 0 aliphatic rings. The molecule has 0 amide bonds. The lowest BCUT2D eigenvalue weighted by Crippen LogP contribution is -2.01. The number of halogens is 3. The van der Waals surface area contributed by atoms with Gasteiger partial charge in [-0.2, -0.15) is 0 Å². The Labute approximate surface area is 134 Å². The molecule has 0 bridgehead atoms. The third-order valence-electron chi connectivity index (χ3n) is 2.97. The Morgan fingerprint density at radius 2 is 2.10 bits per heavy atom. The van der Waals surface area contributed by atoms with Gasteiger partial charge >= 0.3 is 0 Å². The lowest BCUT2D eigenvalue weighted by atomic mass is 10.3. The van der Waals surface area contributed by atoms with Crippen LogP contribution >= 0.6 is 39.1 Å². The van der Waals surface area contributed by atoms with Crippen LogP contribution in [0.25, 0.3) is 16.9 Å². The summed E-state index contributed by atoms with van der Waals surface area (Å²) in [6.07, 6.45) is 1.82. The van der Waals surface area contributed by atoms with E-state index in [9.17, 15) is 0 Å². The highest BCUT2D eigenvalue weighted by Crippen LogP contribution is 2.29. The fourth-order valence-corrected chi connectivity index (χ4v) is 2.88. The molecule has 0 aliphatic carbocycles. The van der Waals surface area contributed by atoms with Crippen LogP contribution in [-0.4, -0.2) is 14.5 Å². The average molecular weight is 371 g/mol. The summed E-state index contributed by atoms with van der Waals surface area (Å²) in [4.78, 5) is 9.02. The second-order valence-corrected chi connectivity index (χ2v) is 6.01. The van der Waals surface area contributed by atoms with Crippen LogP contribution in [0.2, 0.25) is 5.02 Å². The van der Waals surface area contributed by atoms with Gasteiger partial charge in [0, 0.05) is 15.7 Å². The van der Waals surface area contributed by atoms with Crippen molar-refractivity contribution in [3.05, 3.63) is 51.3 Å². The van der Waals surface area contributed by atoms with Gasteiger partial charge in [0.25, 0.3) is 0 Å². The zero-order valence-electron chi connectivity index (χ0n) is 10.6. The highest BCUT2D eigenvalue weighted by Gasteiger charge is 2.15. The minimum Gasteiger partial charge on any atom is -0.278 e. The fraction of sp³-hybridized carbons (Fsp3) is 0.143. The summed E-state index contributed by atoms with van der Waals surface area (Å²) in [5.74, 6) is 1.04. The predicted molar refractivity (Wildman–Crippen MR) is 85.9 cm³/mol. The molecule has 0 spiro atoms. The number of aromatic nitrogens is 3. The molecule has 102 valence electrons. The van der Waals surface area contributed by atoms with E-state index in [2.05, 4.69) is 25.9 Å². The van der Waals surface area contributed by atoms with Gasteiger partial charge in [-0.15, -0.1) is 11.6 Å². The molecule has 0 atom stereocenters. The predicted octanol–water partition coefficient (Wildman–Crippen LogP) is 4.88. The van der Waals surface area contributed by atoms with Crippen molar-refractivity contribution in [3.63, 3.8) is 0 Å². The van der Waals surface area contributed by atoms with E-state index in [1.807, 2.05) is 42.0 Å². The molecular formula is C14H10BrCl2N3. The van der Waals surface area contributed by atoms with Crippen molar-refractivity contribution in [2.45, 2.75) is 12.8 Å². The summed E-state index contributed by atoms with van der Waals surface area (Å²) in [6.45, 7) is 1.99. The quantitative estimate of drug-likeness (QED) is 0.601. The Hall–Kier alpha value is -1.10. The van der Waals surface area contributed by atoms with Crippen LogP contribution < -0.4 is 0 Å². The molecule has 0 radical (unpaired) electrons. The SMILES string of the molecule is Cc1cnc2c(c1)nc(CCl)n2-c1cc(Cl)ccc1Br. The van der Waals surface area contributed by atoms with E-state index in [1.54, 1.807) is 0 Å². The summed E-state index contributed by atoms with van der Waals surface area (Å²) in [5, 5.41) is 0.651. The molecule has 3 rings (SSSR count). The number of hydrogen-bond donors (Lipinski definition) is 0. The zero-order valence-corrected chi connectivity index (χ0v) is 13.7. The van der Waals surface area contributed by atoms with Gasteiger partial charge in [-0.05, 0) is 52.7 Å². The van der Waals surface area contributed by atoms with Gasteiger partial charge < -0.3 is 0 Å². The molecule has 2 aromatic heterocycles. The first-order valence-electron chi connectivity index (χ1n) is 5.95. The van der Waals surface area contributed by atoms with Crippen molar-refractivity contribution >= 4 is 50.3 Å². The second kappa shape index (κ2) is 5.35. The Kier molecular flexibility index (Phi) is 3.71. The number of pyridine rings is 1. The monoisotopic (exact) mass is 369 g/mol. The van der Waals surface area contributed by atoms with Crippen LogP contribution in [-0.2, 0) is 5.88 Å². The first-order chi connectivity index (χ1) is 9.60. The summed E-state index contributed by atoms with van der Waals surface area (Å²) < 4.78 is 2.84. The van der Waals surface area contributed by atoms with Crippen LogP contribution in [0.15, 0.2) is 34.9 Å². The molecule has 6 heteroatoms. The van der Waals surface area contributed by atoms with Gasteiger partial charge in [-0.1, -0.05) is 11.6 Å². The summed E-state index contributed by atoms with van der Waals surface area (Å²) in [7, 11) is 0. The van der Waals surface area contributed by atoms with Gasteiger partial charge in [0.15, 0.2) is 5.65 Å². The number of nitrogens with zero attached hydrogens (tertiary/aromatic N) is 3. The van der Waals surface area contributed by atoms with Crippen molar-refractivity contribution in [3.8, 4) is 5.69 Å². The van der Waals surface area contributed by atoms with E-state index in [-0.39, 0.29) is 0 Å². The maximum atomic E-state index is 6.10. The highest BCUT2D eigenvalue weighted by atomic mass is 79.9. The molecule has 20 heavy (non-hydrogen) atoms. The average Bonchev–Trinajstić information content (AvgIpc) is 2.78. The van der Waals surface area contributed by atoms with Gasteiger partial charge in [-0.3, -0.25) is 4.57 Å². The third-order valence-corrected chi connectivity index (χ3v) is 4.12. The van der Waals surface area contributed by atoms with E-state index < -0.39 is 0 Å². The minimum absolute atomic E-state index is 0.300. The topological polar surface area (TPSA) is 30.7 Å². The lowest BCUT2D eigenvalue weighted by Gasteiger charge is -2.10. The number of alkyl halides is 1. The van der Waals surface area contributed by atoms with Crippen molar-refractivity contribution in [2.24, 2.45) is 0 Å². The van der Waals surface area contributed by atoms with E-state index in [1.165, 1.54) is 0 Å². The highest BCUT2D eigenvalue weighted by molar-refractivity contribution is 9.10. The zero-order chi connectivity index (χ0) is 14.3. The number of rotatable bonds is 2. The van der Waals surface area contributed by atoms with Crippen LogP contribution in [0.5, 0.6) is 0 Å². The summed E-state index contributed by atoms with van der Waals surface area (Å²) >= 11 is 15.7. The summed E-state index contributed by atoms with van der Waals surface area (Å²) in [6, 6.07) is 7.58. The van der Waals surface area contributed by atoms with Crippen molar-refractivity contribution < 1.29 is 0 Å². The smallest absolute Gasteiger partial charge is 0.164 e. The van der Waals surface area contributed by atoms with Crippen molar-refractivity contribution in [2.75, 3.05) is 0 Å². The van der Waals surface area contributed by atoms with Gasteiger partial charge in [0.2, 0.25) is 0 Å². The lowest BCUT2D eigenvalue weighted by molar-refractivity contribution is 0.965. The van der Waals surface area contributed by atoms with Crippen molar-refractivity contribution in [1.82, 2.24) is 14.5 Å². The molecular weight excluding hydrogens is 361 g/mol. The molecule has 0 N–H and O–H groups in total. The van der Waals surface area contributed by atoms with Crippen molar-refractivity contribution in [1.29, 1.82) is 0 Å². The maximum absolute atomic E-state index is 6.10. The molecule has 0 fully saturated rings. The standard InChI is InChI=1S/C14H10BrCl2N3/c1-8-4-11-14(18-7-8)20(13(6-16)19-11)12-5-9(17)2-3-10(12)15/h2-5,7H,6H2,1H3. The van der Waals surface area contributed by atoms with E-state index >= 15 is 0 Å². The summed E-state index contributed by atoms with van der Waals surface area (Å²) in [5.41, 5.74) is 3.54. The fourth-order valence-electron chi connectivity index (χ4n) is 2.11. The first-order valence-corrected chi connectivity index (χ1v) is 7.66. The second-order valence-electron chi connectivity index (χ2n) is 4.45. The number of aryl methyl sites for hydroxylation is 1. The number of fused-ring (bicyclic) bond motifs is 1. The molecule has 3 nitrogen and oxygen atoms in total. The third kappa shape index (κ3) is 2.32. The van der Waals surface area contributed by atoms with Crippen LogP contribution in [0.3, 0.4) is 0 Å². The van der Waals surface area contributed by atoms with E-state index in [4.69, 9.17) is 23.2 Å². The molecule has 3 aromatic rings. The van der Waals surface area contributed by atoms with Gasteiger partial charge in [0.05, 0.1) is 11.6 Å². The Balaban J connectivity index is 2.37. The number of imidazole rings is 1. The molecule has 1 aromatic carbocycles. The number of benzene rings is 1. The normalized spacial score (nSPS) is 11.2. The molecule has 0 unspecified atom stereocenters. The van der Waals surface area contributed by atoms with Crippen LogP contribution in [0.1, 0.15) is 11.4 Å². The Morgan fingerprint density at radius 3 is 2.85 bits per heavy atom. The molecule has 0 saturated carbocycles. The molecule has 0 saturated heterocycles. The largest absolute Gasteiger partial charge is 0.278 e. The van der Waals surface area contributed by atoms with Gasteiger partial charge in [0.1, 0.15) is 11.3 Å². The van der Waals surface area contributed by atoms with Crippen LogP contribution in [0, 0.1) is 6.92 Å². The minimum atomic E-state index is 0.300.